The van der Waals surface area contributed by atoms with Gasteiger partial charge in [0.25, 0.3) is 0 Å². The molecule has 169 valence electrons. The molecule has 0 aliphatic heterocycles. The van der Waals surface area contributed by atoms with Crippen molar-refractivity contribution in [3.05, 3.63) is 127 Å². The molecular formula is C30H23IrN3-2. The molecule has 0 atom stereocenters. The van der Waals surface area contributed by atoms with Crippen LogP contribution in [0.5, 0.6) is 0 Å². The van der Waals surface area contributed by atoms with Crippen LogP contribution in [-0.2, 0) is 20.1 Å². The van der Waals surface area contributed by atoms with Crippen LogP contribution in [-0.4, -0.2) is 14.5 Å². The standard InChI is InChI=1S/C18H11N.C12H12N2.Ir/c1-2-8-14(9-3-1)19-17-12-6-4-10-15(17)16-11-5-7-13-18(16)19;1-9-3-5-13-11(7-9)12-8-10(2)4-6-14-12;/h1-9,12-13H;3-8H,1-2H3;/q-2;;. The fourth-order valence-electron chi connectivity index (χ4n) is 3.97. The minimum absolute atomic E-state index is 0. The van der Waals surface area contributed by atoms with Gasteiger partial charge >= 0.3 is 0 Å². The van der Waals surface area contributed by atoms with E-state index in [1.165, 1.54) is 27.8 Å². The number of benzene rings is 3. The van der Waals surface area contributed by atoms with E-state index < -0.39 is 0 Å². The van der Waals surface area contributed by atoms with Gasteiger partial charge in [-0.2, -0.15) is 24.3 Å². The summed E-state index contributed by atoms with van der Waals surface area (Å²) in [5.41, 5.74) is 7.80. The van der Waals surface area contributed by atoms with Gasteiger partial charge in [0.15, 0.2) is 0 Å². The predicted molar refractivity (Wildman–Crippen MR) is 135 cm³/mol. The topological polar surface area (TPSA) is 30.7 Å². The zero-order valence-corrected chi connectivity index (χ0v) is 21.4. The Morgan fingerprint density at radius 3 is 1.59 bits per heavy atom. The Hall–Kier alpha value is -3.59. The third kappa shape index (κ3) is 4.84. The minimum Gasteiger partial charge on any atom is -0.409 e. The maximum atomic E-state index is 4.29. The summed E-state index contributed by atoms with van der Waals surface area (Å²) < 4.78 is 2.26. The summed E-state index contributed by atoms with van der Waals surface area (Å²) in [7, 11) is 0. The van der Waals surface area contributed by atoms with E-state index in [2.05, 4.69) is 76.9 Å². The molecule has 0 aliphatic rings. The molecule has 3 aromatic carbocycles. The van der Waals surface area contributed by atoms with E-state index in [-0.39, 0.29) is 20.1 Å². The molecule has 0 fully saturated rings. The van der Waals surface area contributed by atoms with E-state index in [1.54, 1.807) is 0 Å². The molecule has 1 radical (unpaired) electrons. The van der Waals surface area contributed by atoms with E-state index in [0.717, 1.165) is 22.2 Å². The number of hydrogen-bond donors (Lipinski definition) is 0. The van der Waals surface area contributed by atoms with Crippen LogP contribution in [0, 0.1) is 26.0 Å². The third-order valence-electron chi connectivity index (χ3n) is 5.51. The summed E-state index contributed by atoms with van der Waals surface area (Å²) in [5, 5.41) is 2.25. The van der Waals surface area contributed by atoms with Crippen molar-refractivity contribution in [2.75, 3.05) is 0 Å². The Labute approximate surface area is 213 Å². The number of rotatable bonds is 2. The summed E-state index contributed by atoms with van der Waals surface area (Å²) in [6.07, 6.45) is 3.63. The monoisotopic (exact) mass is 618 g/mol. The fraction of sp³-hybridized carbons (Fsp3) is 0.0667. The van der Waals surface area contributed by atoms with Gasteiger partial charge in [0.05, 0.1) is 11.4 Å². The molecule has 0 unspecified atom stereocenters. The van der Waals surface area contributed by atoms with Crippen LogP contribution in [0.2, 0.25) is 0 Å². The van der Waals surface area contributed by atoms with E-state index in [4.69, 9.17) is 0 Å². The first kappa shape index (κ1) is 23.6. The Morgan fingerprint density at radius 2 is 1.12 bits per heavy atom. The SMILES string of the molecule is Cc1ccnc(-c2cc(C)ccn2)c1.[Ir].[c-]1cccc2c1c1[c-]cccc1n2-c1ccccc1. The van der Waals surface area contributed by atoms with Gasteiger partial charge < -0.3 is 4.57 Å². The summed E-state index contributed by atoms with van der Waals surface area (Å²) in [5.74, 6) is 0. The second kappa shape index (κ2) is 10.6. The van der Waals surface area contributed by atoms with Crippen LogP contribution < -0.4 is 0 Å². The predicted octanol–water partition coefficient (Wildman–Crippen LogP) is 7.14. The first-order valence-electron chi connectivity index (χ1n) is 10.9. The minimum atomic E-state index is 0. The molecule has 0 aliphatic carbocycles. The van der Waals surface area contributed by atoms with Gasteiger partial charge in [-0.3, -0.25) is 9.97 Å². The Kier molecular flexibility index (Phi) is 7.32. The van der Waals surface area contributed by atoms with Gasteiger partial charge in [-0.1, -0.05) is 29.2 Å². The first-order chi connectivity index (χ1) is 16.2. The van der Waals surface area contributed by atoms with Crippen molar-refractivity contribution >= 4 is 21.8 Å². The zero-order valence-electron chi connectivity index (χ0n) is 19.0. The van der Waals surface area contributed by atoms with Crippen LogP contribution in [0.15, 0.2) is 103 Å². The quantitative estimate of drug-likeness (QED) is 0.194. The van der Waals surface area contributed by atoms with Crippen molar-refractivity contribution in [2.24, 2.45) is 0 Å². The Morgan fingerprint density at radius 1 is 0.618 bits per heavy atom. The van der Waals surface area contributed by atoms with E-state index in [1.807, 2.05) is 67.0 Å². The second-order valence-corrected chi connectivity index (χ2v) is 7.97. The number of fused-ring (bicyclic) bond motifs is 3. The van der Waals surface area contributed by atoms with Crippen molar-refractivity contribution in [3.8, 4) is 17.1 Å². The van der Waals surface area contributed by atoms with Crippen LogP contribution in [0.4, 0.5) is 0 Å². The summed E-state index contributed by atoms with van der Waals surface area (Å²) >= 11 is 0. The number of nitrogens with zero attached hydrogens (tertiary/aromatic N) is 3. The van der Waals surface area contributed by atoms with Crippen LogP contribution in [0.3, 0.4) is 0 Å². The molecule has 4 heteroatoms. The zero-order chi connectivity index (χ0) is 22.6. The van der Waals surface area contributed by atoms with Gasteiger partial charge in [0.2, 0.25) is 0 Å². The van der Waals surface area contributed by atoms with Crippen molar-refractivity contribution in [3.63, 3.8) is 0 Å². The van der Waals surface area contributed by atoms with Crippen molar-refractivity contribution < 1.29 is 20.1 Å². The molecule has 6 aromatic rings. The molecule has 0 saturated carbocycles. The molecule has 34 heavy (non-hydrogen) atoms. The number of aryl methyl sites for hydroxylation is 2. The maximum absolute atomic E-state index is 4.29. The first-order valence-corrected chi connectivity index (χ1v) is 10.9. The molecule has 0 bridgehead atoms. The molecule has 3 aromatic heterocycles. The van der Waals surface area contributed by atoms with E-state index >= 15 is 0 Å². The average Bonchev–Trinajstić information content (AvgIpc) is 3.20. The molecule has 0 spiro atoms. The second-order valence-electron chi connectivity index (χ2n) is 7.97. The van der Waals surface area contributed by atoms with Crippen LogP contribution in [0.25, 0.3) is 38.9 Å². The van der Waals surface area contributed by atoms with Crippen molar-refractivity contribution in [1.82, 2.24) is 14.5 Å². The third-order valence-corrected chi connectivity index (χ3v) is 5.51. The molecule has 0 saturated heterocycles. The van der Waals surface area contributed by atoms with Gasteiger partial charge in [-0.25, -0.2) is 10.8 Å². The van der Waals surface area contributed by atoms with E-state index in [0.29, 0.717) is 0 Å². The number of hydrogen-bond acceptors (Lipinski definition) is 2. The average molecular weight is 618 g/mol. The number of aromatic nitrogens is 3. The van der Waals surface area contributed by atoms with Crippen LogP contribution >= 0.6 is 0 Å². The van der Waals surface area contributed by atoms with E-state index in [9.17, 15) is 0 Å². The molecule has 0 amide bonds. The normalized spacial score (nSPS) is 10.4. The number of para-hydroxylation sites is 1. The van der Waals surface area contributed by atoms with Crippen LogP contribution in [0.1, 0.15) is 11.1 Å². The fourth-order valence-corrected chi connectivity index (χ4v) is 3.97. The van der Waals surface area contributed by atoms with Crippen molar-refractivity contribution in [2.45, 2.75) is 13.8 Å². The summed E-state index contributed by atoms with van der Waals surface area (Å²) in [6.45, 7) is 4.11. The molecule has 3 heterocycles. The van der Waals surface area contributed by atoms with Gasteiger partial charge in [-0.05, 0) is 61.4 Å². The largest absolute Gasteiger partial charge is 0.409 e. The van der Waals surface area contributed by atoms with Gasteiger partial charge in [-0.15, -0.1) is 24.3 Å². The maximum Gasteiger partial charge on any atom is 0.0888 e. The summed E-state index contributed by atoms with van der Waals surface area (Å²) in [6, 6.07) is 37.4. The molecular weight excluding hydrogens is 595 g/mol. The molecule has 3 nitrogen and oxygen atoms in total. The Bertz CT molecular complexity index is 1440. The van der Waals surface area contributed by atoms with Gasteiger partial charge in [0.1, 0.15) is 0 Å². The molecule has 0 N–H and O–H groups in total. The summed E-state index contributed by atoms with van der Waals surface area (Å²) in [4.78, 5) is 8.58. The molecule has 6 rings (SSSR count). The smallest absolute Gasteiger partial charge is 0.0888 e. The van der Waals surface area contributed by atoms with Gasteiger partial charge in [0, 0.05) is 38.2 Å². The van der Waals surface area contributed by atoms with Crippen molar-refractivity contribution in [1.29, 1.82) is 0 Å². The Balaban J connectivity index is 0.000000164. The number of pyridine rings is 2.